The first-order valence-corrected chi connectivity index (χ1v) is 9.10. The first kappa shape index (κ1) is 18.0. The fourth-order valence-electron chi connectivity index (χ4n) is 3.50. The summed E-state index contributed by atoms with van der Waals surface area (Å²) in [6.07, 6.45) is 7.70. The van der Waals surface area contributed by atoms with E-state index in [0.29, 0.717) is 24.0 Å². The Morgan fingerprint density at radius 1 is 1.23 bits per heavy atom. The van der Waals surface area contributed by atoms with Gasteiger partial charge in [0.1, 0.15) is 24.0 Å². The molecule has 134 valence electrons. The van der Waals surface area contributed by atoms with Crippen LogP contribution in [0, 0.1) is 11.3 Å². The van der Waals surface area contributed by atoms with E-state index in [2.05, 4.69) is 18.7 Å². The van der Waals surface area contributed by atoms with Gasteiger partial charge >= 0.3 is 0 Å². The molecule has 1 saturated carbocycles. The lowest BCUT2D eigenvalue weighted by Gasteiger charge is -2.23. The highest BCUT2D eigenvalue weighted by Crippen LogP contribution is 2.37. The minimum Gasteiger partial charge on any atom is -0.497 e. The molecule has 3 rings (SSSR count). The molecule has 4 heteroatoms. The first-order chi connectivity index (χ1) is 12.8. The van der Waals surface area contributed by atoms with Gasteiger partial charge < -0.3 is 9.47 Å². The fourth-order valence-corrected chi connectivity index (χ4v) is 3.50. The van der Waals surface area contributed by atoms with E-state index in [1.165, 1.54) is 19.3 Å². The molecule has 0 spiro atoms. The van der Waals surface area contributed by atoms with Crippen LogP contribution in [-0.2, 0) is 0 Å². The molecule has 1 heterocycles. The van der Waals surface area contributed by atoms with E-state index in [4.69, 9.17) is 14.5 Å². The van der Waals surface area contributed by atoms with Gasteiger partial charge in [-0.2, -0.15) is 5.26 Å². The van der Waals surface area contributed by atoms with Gasteiger partial charge in [0.05, 0.1) is 7.11 Å². The van der Waals surface area contributed by atoms with E-state index in [-0.39, 0.29) is 0 Å². The number of aromatic nitrogens is 1. The highest BCUT2D eigenvalue weighted by atomic mass is 16.5. The Morgan fingerprint density at radius 3 is 2.58 bits per heavy atom. The van der Waals surface area contributed by atoms with Crippen molar-refractivity contribution >= 4 is 0 Å². The molecule has 0 atom stereocenters. The zero-order valence-corrected chi connectivity index (χ0v) is 15.2. The van der Waals surface area contributed by atoms with E-state index in [0.717, 1.165) is 35.4 Å². The largest absolute Gasteiger partial charge is 0.497 e. The number of hydrogen-bond acceptors (Lipinski definition) is 4. The van der Waals surface area contributed by atoms with E-state index in [1.807, 2.05) is 24.3 Å². The van der Waals surface area contributed by atoms with Crippen molar-refractivity contribution in [2.75, 3.05) is 13.7 Å². The summed E-state index contributed by atoms with van der Waals surface area (Å²) in [5, 5.41) is 9.74. The Balaban J connectivity index is 2.09. The summed E-state index contributed by atoms with van der Waals surface area (Å²) in [6, 6.07) is 12.1. The highest BCUT2D eigenvalue weighted by molar-refractivity contribution is 5.73. The lowest BCUT2D eigenvalue weighted by Crippen LogP contribution is -2.09. The van der Waals surface area contributed by atoms with Crippen molar-refractivity contribution in [2.24, 2.45) is 0 Å². The standard InChI is InChI=1S/C22H24N2O2/c1-3-13-26-22-20(15-23)19(16-9-11-18(25-2)12-10-16)14-21(24-22)17-7-5-4-6-8-17/h3,9-12,14,17H,1,4-8,13H2,2H3. The van der Waals surface area contributed by atoms with Gasteiger partial charge in [-0.3, -0.25) is 0 Å². The lowest BCUT2D eigenvalue weighted by atomic mass is 9.85. The molecular formula is C22H24N2O2. The second-order valence-corrected chi connectivity index (χ2v) is 6.55. The molecule has 26 heavy (non-hydrogen) atoms. The minimum atomic E-state index is 0.331. The number of rotatable bonds is 6. The van der Waals surface area contributed by atoms with Gasteiger partial charge in [-0.25, -0.2) is 4.98 Å². The number of pyridine rings is 1. The maximum atomic E-state index is 9.74. The van der Waals surface area contributed by atoms with Crippen LogP contribution in [0.15, 0.2) is 43.0 Å². The Morgan fingerprint density at radius 2 is 1.96 bits per heavy atom. The zero-order chi connectivity index (χ0) is 18.4. The van der Waals surface area contributed by atoms with E-state index < -0.39 is 0 Å². The van der Waals surface area contributed by atoms with Crippen LogP contribution in [0.5, 0.6) is 11.6 Å². The molecule has 1 aliphatic carbocycles. The van der Waals surface area contributed by atoms with E-state index >= 15 is 0 Å². The monoisotopic (exact) mass is 348 g/mol. The molecule has 0 N–H and O–H groups in total. The third-order valence-electron chi connectivity index (χ3n) is 4.88. The molecule has 1 aliphatic rings. The molecule has 1 aromatic heterocycles. The maximum absolute atomic E-state index is 9.74. The predicted molar refractivity (Wildman–Crippen MR) is 102 cm³/mol. The van der Waals surface area contributed by atoms with Crippen molar-refractivity contribution in [1.29, 1.82) is 5.26 Å². The number of hydrogen-bond donors (Lipinski definition) is 0. The average molecular weight is 348 g/mol. The summed E-state index contributed by atoms with van der Waals surface area (Å²) >= 11 is 0. The molecule has 1 fully saturated rings. The highest BCUT2D eigenvalue weighted by Gasteiger charge is 2.22. The van der Waals surface area contributed by atoms with Crippen LogP contribution in [-0.4, -0.2) is 18.7 Å². The second-order valence-electron chi connectivity index (χ2n) is 6.55. The van der Waals surface area contributed by atoms with Gasteiger partial charge in [-0.05, 0) is 36.6 Å². The Kier molecular flexibility index (Phi) is 5.91. The molecule has 0 aliphatic heterocycles. The first-order valence-electron chi connectivity index (χ1n) is 9.10. The third kappa shape index (κ3) is 3.88. The average Bonchev–Trinajstić information content (AvgIpc) is 2.72. The summed E-state index contributed by atoms with van der Waals surface area (Å²) in [7, 11) is 1.64. The Hall–Kier alpha value is -2.80. The number of methoxy groups -OCH3 is 1. The van der Waals surface area contributed by atoms with Crippen LogP contribution >= 0.6 is 0 Å². The molecule has 0 unspecified atom stereocenters. The van der Waals surface area contributed by atoms with Gasteiger partial charge in [0, 0.05) is 17.2 Å². The summed E-state index contributed by atoms with van der Waals surface area (Å²) < 4.78 is 11.0. The zero-order valence-electron chi connectivity index (χ0n) is 15.2. The van der Waals surface area contributed by atoms with Crippen LogP contribution in [0.1, 0.15) is 49.3 Å². The lowest BCUT2D eigenvalue weighted by molar-refractivity contribution is 0.343. The smallest absolute Gasteiger partial charge is 0.232 e. The van der Waals surface area contributed by atoms with E-state index in [1.54, 1.807) is 13.2 Å². The van der Waals surface area contributed by atoms with Crippen molar-refractivity contribution in [3.63, 3.8) is 0 Å². The Bertz CT molecular complexity index is 800. The van der Waals surface area contributed by atoms with Gasteiger partial charge in [0.15, 0.2) is 0 Å². The van der Waals surface area contributed by atoms with Crippen LogP contribution in [0.4, 0.5) is 0 Å². The predicted octanol–water partition coefficient (Wildman–Crippen LogP) is 5.24. The quantitative estimate of drug-likeness (QED) is 0.670. The maximum Gasteiger partial charge on any atom is 0.232 e. The number of nitriles is 1. The van der Waals surface area contributed by atoms with Gasteiger partial charge in [0.25, 0.3) is 0 Å². The number of ether oxygens (including phenoxy) is 2. The van der Waals surface area contributed by atoms with Crippen molar-refractivity contribution in [2.45, 2.75) is 38.0 Å². The number of benzene rings is 1. The molecule has 2 aromatic rings. The van der Waals surface area contributed by atoms with Gasteiger partial charge in [-0.1, -0.05) is 44.1 Å². The van der Waals surface area contributed by atoms with E-state index in [9.17, 15) is 5.26 Å². The SMILES string of the molecule is C=CCOc1nc(C2CCCCC2)cc(-c2ccc(OC)cc2)c1C#N. The minimum absolute atomic E-state index is 0.331. The molecular weight excluding hydrogens is 324 g/mol. The molecule has 0 amide bonds. The fraction of sp³-hybridized carbons (Fsp3) is 0.364. The van der Waals surface area contributed by atoms with Crippen LogP contribution in [0.3, 0.4) is 0 Å². The van der Waals surface area contributed by atoms with Crippen LogP contribution < -0.4 is 9.47 Å². The van der Waals surface area contributed by atoms with Crippen molar-refractivity contribution < 1.29 is 9.47 Å². The van der Waals surface area contributed by atoms with Crippen molar-refractivity contribution in [1.82, 2.24) is 4.98 Å². The van der Waals surface area contributed by atoms with Crippen molar-refractivity contribution in [3.05, 3.63) is 54.2 Å². The molecule has 4 nitrogen and oxygen atoms in total. The Labute approximate surface area is 155 Å². The molecule has 0 bridgehead atoms. The topological polar surface area (TPSA) is 55.1 Å². The molecule has 1 aromatic carbocycles. The summed E-state index contributed by atoms with van der Waals surface area (Å²) in [5.74, 6) is 1.62. The summed E-state index contributed by atoms with van der Waals surface area (Å²) in [6.45, 7) is 4.02. The van der Waals surface area contributed by atoms with Gasteiger partial charge in [0.2, 0.25) is 5.88 Å². The third-order valence-corrected chi connectivity index (χ3v) is 4.88. The number of nitrogens with zero attached hydrogens (tertiary/aromatic N) is 2. The van der Waals surface area contributed by atoms with Crippen molar-refractivity contribution in [3.8, 4) is 28.8 Å². The van der Waals surface area contributed by atoms with Crippen LogP contribution in [0.25, 0.3) is 11.1 Å². The van der Waals surface area contributed by atoms with Crippen LogP contribution in [0.2, 0.25) is 0 Å². The summed E-state index contributed by atoms with van der Waals surface area (Å²) in [5.41, 5.74) is 3.32. The summed E-state index contributed by atoms with van der Waals surface area (Å²) in [4.78, 5) is 4.71. The molecule has 0 saturated heterocycles. The second kappa shape index (κ2) is 8.53. The molecule has 0 radical (unpaired) electrons. The van der Waals surface area contributed by atoms with Gasteiger partial charge in [-0.15, -0.1) is 0 Å². The normalized spacial score (nSPS) is 14.5.